The van der Waals surface area contributed by atoms with Gasteiger partial charge in [0.1, 0.15) is 0 Å². The van der Waals surface area contributed by atoms with Gasteiger partial charge in [0.25, 0.3) is 0 Å². The highest BCUT2D eigenvalue weighted by Crippen LogP contribution is 2.45. The second-order valence-corrected chi connectivity index (χ2v) is 5.93. The first kappa shape index (κ1) is 11.3. The minimum atomic E-state index is -2.47. The quantitative estimate of drug-likeness (QED) is 0.618. The van der Waals surface area contributed by atoms with Crippen LogP contribution in [0.4, 0.5) is 5.69 Å². The largest absolute Gasteiger partial charge is 0.399 e. The van der Waals surface area contributed by atoms with Crippen molar-refractivity contribution in [2.75, 3.05) is 19.0 Å². The van der Waals surface area contributed by atoms with E-state index in [2.05, 4.69) is 0 Å². The smallest absolute Gasteiger partial charge is 0.204 e. The van der Waals surface area contributed by atoms with Crippen molar-refractivity contribution < 1.29 is 9.09 Å². The molecule has 0 heterocycles. The molecule has 1 aromatic rings. The standard InChI is InChI=1S/C10H16NO2P/c1-3-13-14(2,12)8-9-4-6-10(11)7-5-9/h4-7H,3,8,11H2,1-2H3. The van der Waals surface area contributed by atoms with Gasteiger partial charge in [0.2, 0.25) is 7.37 Å². The summed E-state index contributed by atoms with van der Waals surface area (Å²) in [4.78, 5) is 0. The lowest BCUT2D eigenvalue weighted by Gasteiger charge is -2.12. The van der Waals surface area contributed by atoms with Crippen LogP contribution in [0.15, 0.2) is 24.3 Å². The van der Waals surface area contributed by atoms with E-state index in [1.807, 2.05) is 19.1 Å². The predicted molar refractivity (Wildman–Crippen MR) is 59.7 cm³/mol. The van der Waals surface area contributed by atoms with Crippen molar-refractivity contribution in [1.29, 1.82) is 0 Å². The first-order valence-corrected chi connectivity index (χ1v) is 6.85. The van der Waals surface area contributed by atoms with Gasteiger partial charge < -0.3 is 10.3 Å². The number of nitrogens with two attached hydrogens (primary N) is 1. The number of benzene rings is 1. The summed E-state index contributed by atoms with van der Waals surface area (Å²) in [6.07, 6.45) is 0.473. The van der Waals surface area contributed by atoms with Crippen molar-refractivity contribution in [3.8, 4) is 0 Å². The first-order chi connectivity index (χ1) is 6.53. The Bertz CT molecular complexity index is 334. The molecule has 0 fully saturated rings. The second kappa shape index (κ2) is 4.63. The topological polar surface area (TPSA) is 52.3 Å². The average molecular weight is 213 g/mol. The molecular formula is C10H16NO2P. The van der Waals surface area contributed by atoms with Crippen molar-refractivity contribution in [3.05, 3.63) is 29.8 Å². The van der Waals surface area contributed by atoms with Crippen LogP contribution in [0, 0.1) is 0 Å². The molecule has 0 bridgehead atoms. The molecule has 1 unspecified atom stereocenters. The Labute approximate surface area is 84.7 Å². The third-order valence-corrected chi connectivity index (χ3v) is 3.60. The SMILES string of the molecule is CCOP(C)(=O)Cc1ccc(N)cc1. The third kappa shape index (κ3) is 3.52. The van der Waals surface area contributed by atoms with Crippen LogP contribution in [0.5, 0.6) is 0 Å². The molecule has 0 aliphatic rings. The minimum absolute atomic E-state index is 0.473. The summed E-state index contributed by atoms with van der Waals surface area (Å²) in [5.74, 6) is 0. The van der Waals surface area contributed by atoms with Crippen molar-refractivity contribution in [2.45, 2.75) is 13.1 Å². The van der Waals surface area contributed by atoms with Crippen LogP contribution >= 0.6 is 7.37 Å². The summed E-state index contributed by atoms with van der Waals surface area (Å²) in [5.41, 5.74) is 7.27. The summed E-state index contributed by atoms with van der Waals surface area (Å²) in [6, 6.07) is 7.37. The van der Waals surface area contributed by atoms with Crippen molar-refractivity contribution in [3.63, 3.8) is 0 Å². The number of rotatable bonds is 4. The van der Waals surface area contributed by atoms with Gasteiger partial charge in [0, 0.05) is 18.5 Å². The maximum atomic E-state index is 11.8. The zero-order valence-electron chi connectivity index (χ0n) is 8.56. The highest BCUT2D eigenvalue weighted by molar-refractivity contribution is 7.57. The van der Waals surface area contributed by atoms with Gasteiger partial charge in [-0.15, -0.1) is 0 Å². The molecule has 0 radical (unpaired) electrons. The minimum Gasteiger partial charge on any atom is -0.399 e. The van der Waals surface area contributed by atoms with Gasteiger partial charge in [-0.25, -0.2) is 0 Å². The molecule has 0 aliphatic heterocycles. The number of hydrogen-bond acceptors (Lipinski definition) is 3. The maximum Gasteiger partial charge on any atom is 0.204 e. The Morgan fingerprint density at radius 3 is 2.43 bits per heavy atom. The molecule has 1 rings (SSSR count). The average Bonchev–Trinajstić information content (AvgIpc) is 2.08. The molecule has 2 N–H and O–H groups in total. The summed E-state index contributed by atoms with van der Waals surface area (Å²) in [7, 11) is -2.47. The van der Waals surface area contributed by atoms with E-state index >= 15 is 0 Å². The summed E-state index contributed by atoms with van der Waals surface area (Å²) < 4.78 is 17.0. The summed E-state index contributed by atoms with van der Waals surface area (Å²) >= 11 is 0. The molecule has 0 saturated carbocycles. The van der Waals surface area contributed by atoms with E-state index in [9.17, 15) is 4.57 Å². The lowest BCUT2D eigenvalue weighted by atomic mass is 10.2. The summed E-state index contributed by atoms with van der Waals surface area (Å²) in [6.45, 7) is 3.99. The molecule has 0 spiro atoms. The van der Waals surface area contributed by atoms with Crippen LogP contribution in [0.25, 0.3) is 0 Å². The predicted octanol–water partition coefficient (Wildman–Crippen LogP) is 2.71. The molecule has 0 aromatic heterocycles. The molecule has 1 atom stereocenters. The maximum absolute atomic E-state index is 11.8. The molecule has 0 aliphatic carbocycles. The molecule has 1 aromatic carbocycles. The Balaban J connectivity index is 2.69. The van der Waals surface area contributed by atoms with E-state index in [1.54, 1.807) is 18.8 Å². The molecule has 0 amide bonds. The van der Waals surface area contributed by atoms with Gasteiger partial charge in [0.05, 0.1) is 6.61 Å². The molecule has 0 saturated heterocycles. The van der Waals surface area contributed by atoms with E-state index in [0.717, 1.165) is 11.3 Å². The van der Waals surface area contributed by atoms with Crippen LogP contribution in [0.1, 0.15) is 12.5 Å². The summed E-state index contributed by atoms with van der Waals surface area (Å²) in [5, 5.41) is 0. The molecular weight excluding hydrogens is 197 g/mol. The van der Waals surface area contributed by atoms with E-state index in [0.29, 0.717) is 12.8 Å². The van der Waals surface area contributed by atoms with Gasteiger partial charge in [0.15, 0.2) is 0 Å². The van der Waals surface area contributed by atoms with Crippen molar-refractivity contribution in [1.82, 2.24) is 0 Å². The Hall–Kier alpha value is -0.790. The van der Waals surface area contributed by atoms with Gasteiger partial charge in [-0.1, -0.05) is 12.1 Å². The van der Waals surface area contributed by atoms with Crippen LogP contribution in [-0.4, -0.2) is 13.3 Å². The van der Waals surface area contributed by atoms with E-state index in [4.69, 9.17) is 10.3 Å². The van der Waals surface area contributed by atoms with Gasteiger partial charge >= 0.3 is 0 Å². The second-order valence-electron chi connectivity index (χ2n) is 3.33. The van der Waals surface area contributed by atoms with Crippen molar-refractivity contribution >= 4 is 13.1 Å². The number of anilines is 1. The monoisotopic (exact) mass is 213 g/mol. The fourth-order valence-electron chi connectivity index (χ4n) is 1.27. The number of hydrogen-bond donors (Lipinski definition) is 1. The highest BCUT2D eigenvalue weighted by atomic mass is 31.2. The Morgan fingerprint density at radius 1 is 1.36 bits per heavy atom. The molecule has 78 valence electrons. The molecule has 4 heteroatoms. The van der Waals surface area contributed by atoms with E-state index in [1.165, 1.54) is 0 Å². The van der Waals surface area contributed by atoms with E-state index in [-0.39, 0.29) is 0 Å². The van der Waals surface area contributed by atoms with Crippen molar-refractivity contribution in [2.24, 2.45) is 0 Å². The van der Waals surface area contributed by atoms with Crippen LogP contribution in [-0.2, 0) is 15.3 Å². The van der Waals surface area contributed by atoms with E-state index < -0.39 is 7.37 Å². The lowest BCUT2D eigenvalue weighted by molar-refractivity contribution is 0.336. The van der Waals surface area contributed by atoms with Crippen LogP contribution in [0.3, 0.4) is 0 Å². The fourth-order valence-corrected chi connectivity index (χ4v) is 2.79. The first-order valence-electron chi connectivity index (χ1n) is 4.59. The van der Waals surface area contributed by atoms with Gasteiger partial charge in [-0.05, 0) is 24.6 Å². The lowest BCUT2D eigenvalue weighted by Crippen LogP contribution is -1.93. The Kier molecular flexibility index (Phi) is 3.73. The van der Waals surface area contributed by atoms with Crippen LogP contribution < -0.4 is 5.73 Å². The van der Waals surface area contributed by atoms with Crippen LogP contribution in [0.2, 0.25) is 0 Å². The van der Waals surface area contributed by atoms with Gasteiger partial charge in [-0.3, -0.25) is 4.57 Å². The Morgan fingerprint density at radius 2 is 1.93 bits per heavy atom. The number of nitrogen functional groups attached to an aromatic ring is 1. The zero-order valence-corrected chi connectivity index (χ0v) is 9.46. The fraction of sp³-hybridized carbons (Fsp3) is 0.400. The normalized spacial score (nSPS) is 15.0. The van der Waals surface area contributed by atoms with Gasteiger partial charge in [-0.2, -0.15) is 0 Å². The molecule has 14 heavy (non-hydrogen) atoms. The zero-order chi connectivity index (χ0) is 10.6. The molecule has 3 nitrogen and oxygen atoms in total. The third-order valence-electron chi connectivity index (χ3n) is 1.85. The highest BCUT2D eigenvalue weighted by Gasteiger charge is 2.15.